The zero-order chi connectivity index (χ0) is 18.9. The van der Waals surface area contributed by atoms with Gasteiger partial charge in [-0.15, -0.1) is 0 Å². The SMILES string of the molecule is COC(=O)C1CN(C(=O)c2cccc(C(F)(F)F)c2)c2ccccc2O1. The Morgan fingerprint density at radius 1 is 1.15 bits per heavy atom. The highest BCUT2D eigenvalue weighted by molar-refractivity contribution is 6.07. The number of alkyl halides is 3. The molecule has 26 heavy (non-hydrogen) atoms. The van der Waals surface area contributed by atoms with E-state index in [2.05, 4.69) is 4.74 Å². The maximum Gasteiger partial charge on any atom is 0.416 e. The van der Waals surface area contributed by atoms with Crippen LogP contribution >= 0.6 is 0 Å². The van der Waals surface area contributed by atoms with Gasteiger partial charge in [-0.3, -0.25) is 4.79 Å². The molecule has 0 fully saturated rings. The Hall–Kier alpha value is -3.03. The number of ether oxygens (including phenoxy) is 2. The molecule has 1 heterocycles. The first kappa shape index (κ1) is 17.8. The minimum Gasteiger partial charge on any atom is -0.475 e. The van der Waals surface area contributed by atoms with Crippen molar-refractivity contribution in [3.8, 4) is 5.75 Å². The zero-order valence-electron chi connectivity index (χ0n) is 13.6. The highest BCUT2D eigenvalue weighted by Gasteiger charge is 2.36. The monoisotopic (exact) mass is 365 g/mol. The lowest BCUT2D eigenvalue weighted by molar-refractivity contribution is -0.148. The van der Waals surface area contributed by atoms with E-state index < -0.39 is 29.7 Å². The number of amides is 1. The van der Waals surface area contributed by atoms with Crippen LogP contribution in [0.2, 0.25) is 0 Å². The predicted molar refractivity (Wildman–Crippen MR) is 86.0 cm³/mol. The first-order chi connectivity index (χ1) is 12.3. The molecule has 1 aliphatic rings. The number of carbonyl (C=O) groups is 2. The van der Waals surface area contributed by atoms with E-state index in [9.17, 15) is 22.8 Å². The van der Waals surface area contributed by atoms with Crippen molar-refractivity contribution in [2.24, 2.45) is 0 Å². The Balaban J connectivity index is 1.99. The van der Waals surface area contributed by atoms with E-state index in [4.69, 9.17) is 4.74 Å². The van der Waals surface area contributed by atoms with Gasteiger partial charge in [0.2, 0.25) is 6.10 Å². The third kappa shape index (κ3) is 3.35. The lowest BCUT2D eigenvalue weighted by atomic mass is 10.1. The summed E-state index contributed by atoms with van der Waals surface area (Å²) in [5.41, 5.74) is -0.690. The Kier molecular flexibility index (Phi) is 4.58. The second-order valence-electron chi connectivity index (χ2n) is 5.59. The van der Waals surface area contributed by atoms with Crippen LogP contribution in [0, 0.1) is 0 Å². The van der Waals surface area contributed by atoms with Crippen LogP contribution in [-0.2, 0) is 15.7 Å². The molecule has 2 aromatic carbocycles. The van der Waals surface area contributed by atoms with Crippen molar-refractivity contribution in [1.82, 2.24) is 0 Å². The lowest BCUT2D eigenvalue weighted by Gasteiger charge is -2.33. The van der Waals surface area contributed by atoms with Gasteiger partial charge in [-0.05, 0) is 30.3 Å². The third-order valence-electron chi connectivity index (χ3n) is 3.92. The number of carbonyl (C=O) groups excluding carboxylic acids is 2. The van der Waals surface area contributed by atoms with Gasteiger partial charge in [-0.1, -0.05) is 18.2 Å². The number of fused-ring (bicyclic) bond motifs is 1. The average Bonchev–Trinajstić information content (AvgIpc) is 2.65. The second-order valence-corrected chi connectivity index (χ2v) is 5.59. The van der Waals surface area contributed by atoms with E-state index in [-0.39, 0.29) is 17.9 Å². The number of nitrogens with zero attached hydrogens (tertiary/aromatic N) is 1. The fraction of sp³-hybridized carbons (Fsp3) is 0.222. The van der Waals surface area contributed by atoms with Crippen LogP contribution in [0.15, 0.2) is 48.5 Å². The van der Waals surface area contributed by atoms with Crippen LogP contribution in [0.5, 0.6) is 5.75 Å². The molecular weight excluding hydrogens is 351 g/mol. The van der Waals surface area contributed by atoms with Crippen molar-refractivity contribution in [2.75, 3.05) is 18.6 Å². The molecule has 8 heteroatoms. The summed E-state index contributed by atoms with van der Waals surface area (Å²) in [6, 6.07) is 10.6. The third-order valence-corrected chi connectivity index (χ3v) is 3.92. The zero-order valence-corrected chi connectivity index (χ0v) is 13.6. The molecule has 1 amide bonds. The van der Waals surface area contributed by atoms with Crippen LogP contribution in [-0.4, -0.2) is 31.6 Å². The Morgan fingerprint density at radius 2 is 1.88 bits per heavy atom. The summed E-state index contributed by atoms with van der Waals surface area (Å²) in [7, 11) is 1.19. The van der Waals surface area contributed by atoms with E-state index in [1.54, 1.807) is 24.3 Å². The van der Waals surface area contributed by atoms with E-state index >= 15 is 0 Å². The number of esters is 1. The van der Waals surface area contributed by atoms with Crippen molar-refractivity contribution in [1.29, 1.82) is 0 Å². The number of hydrogen-bond donors (Lipinski definition) is 0. The van der Waals surface area contributed by atoms with Gasteiger partial charge in [0.05, 0.1) is 24.9 Å². The highest BCUT2D eigenvalue weighted by atomic mass is 19.4. The smallest absolute Gasteiger partial charge is 0.416 e. The molecule has 0 N–H and O–H groups in total. The summed E-state index contributed by atoms with van der Waals surface area (Å²) in [5, 5.41) is 0. The number of methoxy groups -OCH3 is 1. The quantitative estimate of drug-likeness (QED) is 0.767. The Bertz CT molecular complexity index is 850. The van der Waals surface area contributed by atoms with Crippen LogP contribution < -0.4 is 9.64 Å². The number of hydrogen-bond acceptors (Lipinski definition) is 4. The first-order valence-electron chi connectivity index (χ1n) is 7.64. The van der Waals surface area contributed by atoms with E-state index in [0.717, 1.165) is 12.1 Å². The fourth-order valence-corrected chi connectivity index (χ4v) is 2.67. The summed E-state index contributed by atoms with van der Waals surface area (Å²) < 4.78 is 48.9. The van der Waals surface area contributed by atoms with Gasteiger partial charge >= 0.3 is 12.1 Å². The van der Waals surface area contributed by atoms with E-state index in [1.165, 1.54) is 24.1 Å². The molecule has 3 rings (SSSR count). The molecule has 0 spiro atoms. The molecule has 0 saturated heterocycles. The number of anilines is 1. The van der Waals surface area contributed by atoms with E-state index in [0.29, 0.717) is 5.69 Å². The second kappa shape index (κ2) is 6.70. The normalized spacial score (nSPS) is 16.5. The van der Waals surface area contributed by atoms with Gasteiger partial charge in [-0.2, -0.15) is 13.2 Å². The molecule has 0 radical (unpaired) electrons. The largest absolute Gasteiger partial charge is 0.475 e. The molecule has 5 nitrogen and oxygen atoms in total. The number of rotatable bonds is 2. The van der Waals surface area contributed by atoms with Crippen molar-refractivity contribution in [3.05, 3.63) is 59.7 Å². The van der Waals surface area contributed by atoms with Crippen molar-refractivity contribution >= 4 is 17.6 Å². The number of para-hydroxylation sites is 2. The van der Waals surface area contributed by atoms with Gasteiger partial charge in [0, 0.05) is 5.56 Å². The molecule has 0 aliphatic carbocycles. The summed E-state index contributed by atoms with van der Waals surface area (Å²) in [4.78, 5) is 25.9. The minimum absolute atomic E-state index is 0.139. The molecule has 1 atom stereocenters. The molecule has 0 bridgehead atoms. The van der Waals surface area contributed by atoms with Crippen LogP contribution in [0.3, 0.4) is 0 Å². The summed E-state index contributed by atoms with van der Waals surface area (Å²) >= 11 is 0. The molecule has 0 aromatic heterocycles. The van der Waals surface area contributed by atoms with Gasteiger partial charge in [0.15, 0.2) is 0 Å². The molecule has 2 aromatic rings. The maximum atomic E-state index is 12.9. The van der Waals surface area contributed by atoms with Gasteiger partial charge in [0.25, 0.3) is 5.91 Å². The predicted octanol–water partition coefficient (Wildman–Crippen LogP) is 3.29. The summed E-state index contributed by atoms with van der Waals surface area (Å²) in [6.45, 7) is -0.168. The number of halogens is 3. The van der Waals surface area contributed by atoms with E-state index in [1.807, 2.05) is 0 Å². The highest BCUT2D eigenvalue weighted by Crippen LogP contribution is 2.35. The van der Waals surface area contributed by atoms with Gasteiger partial charge in [-0.25, -0.2) is 4.79 Å². The fourth-order valence-electron chi connectivity index (χ4n) is 2.67. The number of benzene rings is 2. The molecular formula is C18H14F3NO4. The minimum atomic E-state index is -4.56. The average molecular weight is 365 g/mol. The van der Waals surface area contributed by atoms with Gasteiger partial charge in [0.1, 0.15) is 5.75 Å². The summed E-state index contributed by atoms with van der Waals surface area (Å²) in [5.74, 6) is -1.07. The maximum absolute atomic E-state index is 12.9. The first-order valence-corrected chi connectivity index (χ1v) is 7.64. The molecule has 136 valence electrons. The molecule has 1 unspecified atom stereocenters. The molecule has 0 saturated carbocycles. The van der Waals surface area contributed by atoms with Crippen LogP contribution in [0.25, 0.3) is 0 Å². The topological polar surface area (TPSA) is 55.8 Å². The van der Waals surface area contributed by atoms with Crippen molar-refractivity contribution in [2.45, 2.75) is 12.3 Å². The Morgan fingerprint density at radius 3 is 2.58 bits per heavy atom. The van der Waals surface area contributed by atoms with Crippen molar-refractivity contribution in [3.63, 3.8) is 0 Å². The summed E-state index contributed by atoms with van der Waals surface area (Å²) in [6.07, 6.45) is -5.63. The molecule has 1 aliphatic heterocycles. The van der Waals surface area contributed by atoms with Crippen LogP contribution in [0.4, 0.5) is 18.9 Å². The lowest BCUT2D eigenvalue weighted by Crippen LogP contribution is -2.47. The standard InChI is InChI=1S/C18H14F3NO4/c1-25-17(24)15-10-22(13-7-2-3-8-14(13)26-15)16(23)11-5-4-6-12(9-11)18(19,20)21/h2-9,15H,10H2,1H3. The van der Waals surface area contributed by atoms with Crippen molar-refractivity contribution < 1.29 is 32.2 Å². The van der Waals surface area contributed by atoms with Crippen LogP contribution in [0.1, 0.15) is 15.9 Å². The Labute approximate surface area is 146 Å². The van der Waals surface area contributed by atoms with Gasteiger partial charge < -0.3 is 14.4 Å².